The number of carbonyl (C=O) groups excluding carboxylic acids is 1. The van der Waals surface area contributed by atoms with E-state index in [-0.39, 0.29) is 5.97 Å². The van der Waals surface area contributed by atoms with Crippen LogP contribution in [0.5, 0.6) is 0 Å². The summed E-state index contributed by atoms with van der Waals surface area (Å²) in [5.74, 6) is -0.348. The molecule has 0 rings (SSSR count). The predicted molar refractivity (Wildman–Crippen MR) is 48.0 cm³/mol. The zero-order valence-corrected chi connectivity index (χ0v) is 8.47. The number of hydrogen-bond acceptors (Lipinski definition) is 2. The lowest BCUT2D eigenvalue weighted by atomic mass is 10.6. The number of carbonyl (C=O) groups is 1. The molecule has 62 valence electrons. The van der Waals surface area contributed by atoms with Gasteiger partial charge in [0.1, 0.15) is 0 Å². The quantitative estimate of drug-likeness (QED) is 0.273. The average molecular weight is 170 g/mol. The van der Waals surface area contributed by atoms with E-state index in [9.17, 15) is 4.79 Å². The highest BCUT2D eigenvalue weighted by Gasteiger charge is 2.05. The molecule has 0 aliphatic carbocycles. The van der Waals surface area contributed by atoms with Crippen LogP contribution in [0.2, 0.25) is 19.6 Å². The molecular formula is C8H14O2Si. The van der Waals surface area contributed by atoms with Gasteiger partial charge in [-0.15, -0.1) is 5.73 Å². The van der Waals surface area contributed by atoms with Gasteiger partial charge in [-0.05, 0) is 0 Å². The van der Waals surface area contributed by atoms with E-state index in [1.54, 1.807) is 0 Å². The Bertz CT molecular complexity index is 195. The van der Waals surface area contributed by atoms with Crippen molar-refractivity contribution < 1.29 is 9.53 Å². The van der Waals surface area contributed by atoms with Crippen molar-refractivity contribution in [3.8, 4) is 0 Å². The first-order chi connectivity index (χ1) is 4.95. The normalized spacial score (nSPS) is 9.82. The first-order valence-corrected chi connectivity index (χ1v) is 7.05. The van der Waals surface area contributed by atoms with E-state index in [4.69, 9.17) is 0 Å². The second kappa shape index (κ2) is 4.16. The average Bonchev–Trinajstić information content (AvgIpc) is 1.85. The third-order valence-electron chi connectivity index (χ3n) is 0.919. The van der Waals surface area contributed by atoms with Crippen molar-refractivity contribution in [2.75, 3.05) is 7.11 Å². The zero-order chi connectivity index (χ0) is 8.91. The van der Waals surface area contributed by atoms with Gasteiger partial charge in [0.05, 0.1) is 21.3 Å². The Balaban J connectivity index is 4.12. The van der Waals surface area contributed by atoms with Crippen molar-refractivity contribution in [2.24, 2.45) is 0 Å². The lowest BCUT2D eigenvalue weighted by Gasteiger charge is -2.04. The Morgan fingerprint density at radius 1 is 1.45 bits per heavy atom. The predicted octanol–water partition coefficient (Wildman–Crippen LogP) is 1.75. The van der Waals surface area contributed by atoms with E-state index in [1.807, 2.05) is 5.70 Å². The molecule has 2 nitrogen and oxygen atoms in total. The number of ether oxygens (including phenoxy) is 1. The Morgan fingerprint density at radius 2 is 2.00 bits per heavy atom. The van der Waals surface area contributed by atoms with Crippen molar-refractivity contribution in [2.45, 2.75) is 19.6 Å². The van der Waals surface area contributed by atoms with Gasteiger partial charge in [-0.1, -0.05) is 25.3 Å². The van der Waals surface area contributed by atoms with E-state index >= 15 is 0 Å². The summed E-state index contributed by atoms with van der Waals surface area (Å²) in [5.41, 5.74) is 4.78. The van der Waals surface area contributed by atoms with Crippen LogP contribution in [0, 0.1) is 0 Å². The summed E-state index contributed by atoms with van der Waals surface area (Å²) >= 11 is 0. The van der Waals surface area contributed by atoms with E-state index in [1.165, 1.54) is 13.2 Å². The van der Waals surface area contributed by atoms with E-state index in [2.05, 4.69) is 30.1 Å². The first kappa shape index (κ1) is 10.2. The maximum atomic E-state index is 10.6. The molecular weight excluding hydrogens is 156 g/mol. The fourth-order valence-electron chi connectivity index (χ4n) is 0.419. The van der Waals surface area contributed by atoms with Crippen molar-refractivity contribution in [1.82, 2.24) is 0 Å². The summed E-state index contributed by atoms with van der Waals surface area (Å²) < 4.78 is 4.40. The molecule has 0 saturated carbocycles. The number of esters is 1. The van der Waals surface area contributed by atoms with Crippen molar-refractivity contribution in [3.63, 3.8) is 0 Å². The van der Waals surface area contributed by atoms with E-state index in [0.717, 1.165) is 0 Å². The van der Waals surface area contributed by atoms with Gasteiger partial charge in [-0.2, -0.15) is 0 Å². The summed E-state index contributed by atoms with van der Waals surface area (Å²) in [6.45, 7) is 6.52. The topological polar surface area (TPSA) is 26.3 Å². The van der Waals surface area contributed by atoms with Gasteiger partial charge in [0.2, 0.25) is 0 Å². The fraction of sp³-hybridized carbons (Fsp3) is 0.500. The minimum absolute atomic E-state index is 0.348. The molecule has 0 spiro atoms. The summed E-state index contributed by atoms with van der Waals surface area (Å²) in [6, 6.07) is 0. The van der Waals surface area contributed by atoms with E-state index < -0.39 is 8.07 Å². The second-order valence-corrected chi connectivity index (χ2v) is 8.37. The third kappa shape index (κ3) is 7.10. The number of methoxy groups -OCH3 is 1. The molecule has 0 aliphatic rings. The third-order valence-corrected chi connectivity index (χ3v) is 1.95. The molecule has 0 heterocycles. The zero-order valence-electron chi connectivity index (χ0n) is 7.47. The molecule has 0 bridgehead atoms. The minimum atomic E-state index is -1.21. The summed E-state index contributed by atoms with van der Waals surface area (Å²) in [4.78, 5) is 10.6. The van der Waals surface area contributed by atoms with E-state index in [0.29, 0.717) is 0 Å². The molecule has 0 fully saturated rings. The second-order valence-electron chi connectivity index (χ2n) is 3.34. The minimum Gasteiger partial charge on any atom is -0.465 e. The lowest BCUT2D eigenvalue weighted by molar-refractivity contribution is -0.134. The smallest absolute Gasteiger partial charge is 0.338 e. The molecule has 0 unspecified atom stereocenters. The van der Waals surface area contributed by atoms with Crippen LogP contribution in [0.25, 0.3) is 0 Å². The first-order valence-electron chi connectivity index (χ1n) is 3.47. The van der Waals surface area contributed by atoms with Gasteiger partial charge in [0.25, 0.3) is 0 Å². The van der Waals surface area contributed by atoms with Crippen LogP contribution >= 0.6 is 0 Å². The van der Waals surface area contributed by atoms with Crippen LogP contribution in [0.1, 0.15) is 0 Å². The van der Waals surface area contributed by atoms with Crippen LogP contribution in [0.3, 0.4) is 0 Å². The van der Waals surface area contributed by atoms with Crippen molar-refractivity contribution in [1.29, 1.82) is 0 Å². The highest BCUT2D eigenvalue weighted by molar-refractivity contribution is 6.80. The SMILES string of the molecule is COC(=O)C=C=C[Si](C)(C)C. The monoisotopic (exact) mass is 170 g/mol. The van der Waals surface area contributed by atoms with Crippen molar-refractivity contribution in [3.05, 3.63) is 17.5 Å². The molecule has 0 N–H and O–H groups in total. The molecule has 0 amide bonds. The largest absolute Gasteiger partial charge is 0.465 e. The van der Waals surface area contributed by atoms with Crippen LogP contribution in [0.4, 0.5) is 0 Å². The Morgan fingerprint density at radius 3 is 2.36 bits per heavy atom. The maximum absolute atomic E-state index is 10.6. The Hall–Kier alpha value is -0.793. The van der Waals surface area contributed by atoms with Crippen molar-refractivity contribution >= 4 is 14.0 Å². The molecule has 0 atom stereocenters. The number of hydrogen-bond donors (Lipinski definition) is 0. The molecule has 0 aromatic rings. The molecule has 0 saturated heterocycles. The summed E-state index contributed by atoms with van der Waals surface area (Å²) in [6.07, 6.45) is 1.32. The summed E-state index contributed by atoms with van der Waals surface area (Å²) in [7, 11) is 0.144. The summed E-state index contributed by atoms with van der Waals surface area (Å²) in [5, 5.41) is 0. The molecule has 0 aromatic carbocycles. The van der Waals surface area contributed by atoms with Crippen LogP contribution in [0.15, 0.2) is 17.5 Å². The molecule has 0 aliphatic heterocycles. The lowest BCUT2D eigenvalue weighted by Crippen LogP contribution is -2.14. The fourth-order valence-corrected chi connectivity index (χ4v) is 1.00. The molecule has 11 heavy (non-hydrogen) atoms. The molecule has 0 radical (unpaired) electrons. The highest BCUT2D eigenvalue weighted by Crippen LogP contribution is 1.99. The van der Waals surface area contributed by atoms with Gasteiger partial charge in [-0.3, -0.25) is 0 Å². The van der Waals surface area contributed by atoms with Gasteiger partial charge in [-0.25, -0.2) is 4.79 Å². The van der Waals surface area contributed by atoms with Gasteiger partial charge >= 0.3 is 5.97 Å². The Kier molecular flexibility index (Phi) is 3.86. The molecule has 0 aromatic heterocycles. The van der Waals surface area contributed by atoms with Gasteiger partial charge in [0.15, 0.2) is 0 Å². The molecule has 3 heteroatoms. The highest BCUT2D eigenvalue weighted by atomic mass is 28.3. The van der Waals surface area contributed by atoms with Crippen LogP contribution in [-0.4, -0.2) is 21.2 Å². The Labute approximate surface area is 68.6 Å². The standard InChI is InChI=1S/C8H14O2Si/c1-10-8(9)6-5-7-11(2,3)4/h6-7H,1-4H3. The number of rotatable bonds is 2. The maximum Gasteiger partial charge on any atom is 0.338 e. The van der Waals surface area contributed by atoms with Gasteiger partial charge < -0.3 is 4.74 Å². The van der Waals surface area contributed by atoms with Gasteiger partial charge in [0, 0.05) is 0 Å². The van der Waals surface area contributed by atoms with Crippen LogP contribution in [-0.2, 0) is 9.53 Å². The van der Waals surface area contributed by atoms with Crippen LogP contribution < -0.4 is 0 Å².